The van der Waals surface area contributed by atoms with Crippen molar-refractivity contribution >= 4 is 17.4 Å². The first-order chi connectivity index (χ1) is 15.1. The van der Waals surface area contributed by atoms with Gasteiger partial charge in [-0.2, -0.15) is 0 Å². The molecule has 0 spiro atoms. The van der Waals surface area contributed by atoms with E-state index in [1.807, 2.05) is 23.9 Å². The Bertz CT molecular complexity index is 822. The van der Waals surface area contributed by atoms with Crippen LogP contribution in [0.25, 0.3) is 0 Å². The summed E-state index contributed by atoms with van der Waals surface area (Å²) in [6, 6.07) is 16.5. The number of thioether (sulfide) groups is 1. The van der Waals surface area contributed by atoms with E-state index in [1.165, 1.54) is 29.0 Å². The number of halogens is 1. The molecule has 0 radical (unpaired) electrons. The van der Waals surface area contributed by atoms with Crippen molar-refractivity contribution in [2.45, 2.75) is 50.1 Å². The van der Waals surface area contributed by atoms with Gasteiger partial charge in [-0.15, -0.1) is 11.8 Å². The van der Waals surface area contributed by atoms with Crippen molar-refractivity contribution in [3.63, 3.8) is 0 Å². The fraction of sp³-hybridized carbons (Fsp3) is 0.538. The van der Waals surface area contributed by atoms with Crippen molar-refractivity contribution in [1.29, 1.82) is 0 Å². The molecule has 3 nitrogen and oxygen atoms in total. The van der Waals surface area contributed by atoms with Gasteiger partial charge in [-0.25, -0.2) is 4.39 Å². The van der Waals surface area contributed by atoms with Crippen LogP contribution in [0.3, 0.4) is 0 Å². The zero-order valence-corrected chi connectivity index (χ0v) is 19.6. The lowest BCUT2D eigenvalue weighted by Gasteiger charge is -2.39. The molecule has 1 fully saturated rings. The van der Waals surface area contributed by atoms with E-state index in [0.717, 1.165) is 45.0 Å². The van der Waals surface area contributed by atoms with E-state index >= 15 is 0 Å². The summed E-state index contributed by atoms with van der Waals surface area (Å²) < 4.78 is 19.8. The zero-order valence-electron chi connectivity index (χ0n) is 18.8. The molecule has 2 aromatic rings. The predicted octanol–water partition coefficient (Wildman–Crippen LogP) is 6.01. The standard InChI is InChI=1S/C26H35FN2OS/c1-20(2)18-30-19-23(28-14-5-6-15-28)17-29-24(21-9-11-22(27)12-10-21)13-16-31-26-8-4-3-7-25(26)29/h3-4,7-12,20,23-24H,5-6,13-19H2,1-2H3. The zero-order chi connectivity index (χ0) is 21.6. The van der Waals surface area contributed by atoms with Crippen LogP contribution >= 0.6 is 11.8 Å². The molecule has 2 aliphatic rings. The van der Waals surface area contributed by atoms with Gasteiger partial charge in [0, 0.05) is 23.8 Å². The van der Waals surface area contributed by atoms with Gasteiger partial charge in [0.2, 0.25) is 0 Å². The van der Waals surface area contributed by atoms with Crippen LogP contribution in [0.5, 0.6) is 0 Å². The van der Waals surface area contributed by atoms with Gasteiger partial charge in [-0.1, -0.05) is 38.1 Å². The van der Waals surface area contributed by atoms with Crippen LogP contribution in [0.4, 0.5) is 10.1 Å². The van der Waals surface area contributed by atoms with Gasteiger partial charge < -0.3 is 9.64 Å². The first kappa shape index (κ1) is 22.6. The summed E-state index contributed by atoms with van der Waals surface area (Å²) in [5.74, 6) is 1.44. The van der Waals surface area contributed by atoms with E-state index in [-0.39, 0.29) is 11.9 Å². The van der Waals surface area contributed by atoms with Gasteiger partial charge in [0.25, 0.3) is 0 Å². The smallest absolute Gasteiger partial charge is 0.123 e. The number of ether oxygens (including phenoxy) is 1. The Morgan fingerprint density at radius 2 is 1.77 bits per heavy atom. The fourth-order valence-electron chi connectivity index (χ4n) is 4.73. The summed E-state index contributed by atoms with van der Waals surface area (Å²) in [5.41, 5.74) is 2.49. The summed E-state index contributed by atoms with van der Waals surface area (Å²) in [5, 5.41) is 0. The average molecular weight is 443 g/mol. The van der Waals surface area contributed by atoms with E-state index in [4.69, 9.17) is 4.74 Å². The van der Waals surface area contributed by atoms with Crippen LogP contribution in [-0.4, -0.2) is 49.5 Å². The number of fused-ring (bicyclic) bond motifs is 1. The molecule has 0 N–H and O–H groups in total. The maximum atomic E-state index is 13.6. The number of para-hydroxylation sites is 1. The Morgan fingerprint density at radius 3 is 2.52 bits per heavy atom. The molecule has 0 bridgehead atoms. The predicted molar refractivity (Wildman–Crippen MR) is 129 cm³/mol. The summed E-state index contributed by atoms with van der Waals surface area (Å²) in [6.07, 6.45) is 3.59. The normalized spacial score (nSPS) is 20.6. The molecular formula is C26H35FN2OS. The molecule has 0 amide bonds. The summed E-state index contributed by atoms with van der Waals surface area (Å²) in [4.78, 5) is 6.53. The number of hydrogen-bond donors (Lipinski definition) is 0. The molecule has 4 rings (SSSR count). The molecule has 31 heavy (non-hydrogen) atoms. The number of likely N-dealkylation sites (tertiary alicyclic amines) is 1. The van der Waals surface area contributed by atoms with Crippen molar-refractivity contribution in [2.75, 3.05) is 43.5 Å². The second-order valence-electron chi connectivity index (χ2n) is 9.15. The quantitative estimate of drug-likeness (QED) is 0.497. The topological polar surface area (TPSA) is 15.7 Å². The minimum absolute atomic E-state index is 0.171. The van der Waals surface area contributed by atoms with Crippen molar-refractivity contribution in [3.05, 3.63) is 59.9 Å². The highest BCUT2D eigenvalue weighted by molar-refractivity contribution is 7.99. The first-order valence-corrected chi connectivity index (χ1v) is 12.7. The number of rotatable bonds is 8. The van der Waals surface area contributed by atoms with Crippen molar-refractivity contribution in [2.24, 2.45) is 5.92 Å². The Morgan fingerprint density at radius 1 is 1.03 bits per heavy atom. The van der Waals surface area contributed by atoms with E-state index in [9.17, 15) is 4.39 Å². The van der Waals surface area contributed by atoms with E-state index < -0.39 is 0 Å². The first-order valence-electron chi connectivity index (χ1n) is 11.7. The van der Waals surface area contributed by atoms with Gasteiger partial charge in [-0.3, -0.25) is 4.90 Å². The SMILES string of the molecule is CC(C)COCC(CN1c2ccccc2SCCC1c1ccc(F)cc1)N1CCCC1. The van der Waals surface area contributed by atoms with Crippen LogP contribution in [0, 0.1) is 11.7 Å². The summed E-state index contributed by atoms with van der Waals surface area (Å²) >= 11 is 1.94. The molecule has 2 aliphatic heterocycles. The van der Waals surface area contributed by atoms with E-state index in [0.29, 0.717) is 12.0 Å². The van der Waals surface area contributed by atoms with Gasteiger partial charge in [0.05, 0.1) is 24.4 Å². The minimum Gasteiger partial charge on any atom is -0.379 e. The van der Waals surface area contributed by atoms with Crippen molar-refractivity contribution in [3.8, 4) is 0 Å². The molecule has 5 heteroatoms. The third-order valence-electron chi connectivity index (χ3n) is 6.28. The highest BCUT2D eigenvalue weighted by Gasteiger charge is 2.31. The summed E-state index contributed by atoms with van der Waals surface area (Å²) in [6.45, 7) is 9.22. The van der Waals surface area contributed by atoms with Gasteiger partial charge in [-0.05, 0) is 68.1 Å². The van der Waals surface area contributed by atoms with Crippen LogP contribution < -0.4 is 4.90 Å². The minimum atomic E-state index is -0.171. The molecule has 2 aromatic carbocycles. The van der Waals surface area contributed by atoms with E-state index in [2.05, 4.69) is 47.9 Å². The molecule has 2 unspecified atom stereocenters. The van der Waals surface area contributed by atoms with Crippen LogP contribution in [0.2, 0.25) is 0 Å². The van der Waals surface area contributed by atoms with Gasteiger partial charge >= 0.3 is 0 Å². The molecule has 2 heterocycles. The lowest BCUT2D eigenvalue weighted by atomic mass is 10.0. The van der Waals surface area contributed by atoms with Crippen LogP contribution in [0.15, 0.2) is 53.4 Å². The molecule has 0 saturated carbocycles. The fourth-order valence-corrected chi connectivity index (χ4v) is 5.79. The second kappa shape index (κ2) is 10.8. The number of benzene rings is 2. The monoisotopic (exact) mass is 442 g/mol. The Hall–Kier alpha value is -1.56. The van der Waals surface area contributed by atoms with Gasteiger partial charge in [0.15, 0.2) is 0 Å². The highest BCUT2D eigenvalue weighted by atomic mass is 32.2. The molecule has 168 valence electrons. The lowest BCUT2D eigenvalue weighted by molar-refractivity contribution is 0.0562. The third kappa shape index (κ3) is 5.82. The maximum absolute atomic E-state index is 13.6. The number of nitrogens with zero attached hydrogens (tertiary/aromatic N) is 2. The molecule has 0 aromatic heterocycles. The average Bonchev–Trinajstić information content (AvgIpc) is 3.24. The number of hydrogen-bond acceptors (Lipinski definition) is 4. The lowest BCUT2D eigenvalue weighted by Crippen LogP contribution is -2.47. The van der Waals surface area contributed by atoms with Crippen molar-refractivity contribution in [1.82, 2.24) is 4.90 Å². The largest absolute Gasteiger partial charge is 0.379 e. The van der Waals surface area contributed by atoms with Crippen molar-refractivity contribution < 1.29 is 9.13 Å². The van der Waals surface area contributed by atoms with Crippen LogP contribution in [-0.2, 0) is 4.74 Å². The summed E-state index contributed by atoms with van der Waals surface area (Å²) in [7, 11) is 0. The molecule has 2 atom stereocenters. The third-order valence-corrected chi connectivity index (χ3v) is 7.38. The Labute approximate surface area is 191 Å². The Balaban J connectivity index is 1.63. The highest BCUT2D eigenvalue weighted by Crippen LogP contribution is 2.41. The molecule has 1 saturated heterocycles. The maximum Gasteiger partial charge on any atom is 0.123 e. The Kier molecular flexibility index (Phi) is 7.91. The van der Waals surface area contributed by atoms with Crippen LogP contribution in [0.1, 0.15) is 44.7 Å². The number of anilines is 1. The van der Waals surface area contributed by atoms with E-state index in [1.54, 1.807) is 12.1 Å². The molecular weight excluding hydrogens is 407 g/mol. The van der Waals surface area contributed by atoms with Gasteiger partial charge in [0.1, 0.15) is 5.82 Å². The molecule has 0 aliphatic carbocycles. The second-order valence-corrected chi connectivity index (χ2v) is 10.3.